The molecule has 6 nitrogen and oxygen atoms in total. The SMILES string of the molecule is COc1cc(OC)cc(OCC(O)CN(C)CCC(=O)C2CCCCC2)c1. The van der Waals surface area contributed by atoms with E-state index in [-0.39, 0.29) is 12.5 Å². The molecular formula is C21H33NO5. The van der Waals surface area contributed by atoms with E-state index in [0.717, 1.165) is 12.8 Å². The van der Waals surface area contributed by atoms with Crippen LogP contribution in [0.4, 0.5) is 0 Å². The summed E-state index contributed by atoms with van der Waals surface area (Å²) in [6.07, 6.45) is 5.62. The van der Waals surface area contributed by atoms with Crippen LogP contribution in [0.5, 0.6) is 17.2 Å². The fraction of sp³-hybridized carbons (Fsp3) is 0.667. The van der Waals surface area contributed by atoms with Gasteiger partial charge in [0.05, 0.1) is 14.2 Å². The molecule has 0 radical (unpaired) electrons. The summed E-state index contributed by atoms with van der Waals surface area (Å²) in [4.78, 5) is 14.3. The van der Waals surface area contributed by atoms with Crippen LogP contribution in [0.2, 0.25) is 0 Å². The minimum absolute atomic E-state index is 0.164. The molecule has 0 saturated heterocycles. The Balaban J connectivity index is 1.71. The summed E-state index contributed by atoms with van der Waals surface area (Å²) >= 11 is 0. The summed E-state index contributed by atoms with van der Waals surface area (Å²) in [6.45, 7) is 1.29. The molecule has 1 atom stereocenters. The summed E-state index contributed by atoms with van der Waals surface area (Å²) in [5, 5.41) is 10.2. The Kier molecular flexibility index (Phi) is 8.88. The van der Waals surface area contributed by atoms with Crippen LogP contribution in [-0.4, -0.2) is 62.9 Å². The first kappa shape index (κ1) is 21.5. The molecule has 1 unspecified atom stereocenters. The third kappa shape index (κ3) is 7.39. The van der Waals surface area contributed by atoms with E-state index in [0.29, 0.717) is 42.5 Å². The molecule has 1 saturated carbocycles. The van der Waals surface area contributed by atoms with Crippen molar-refractivity contribution < 1.29 is 24.1 Å². The van der Waals surface area contributed by atoms with Crippen LogP contribution in [-0.2, 0) is 4.79 Å². The van der Waals surface area contributed by atoms with E-state index in [2.05, 4.69) is 0 Å². The second-order valence-electron chi connectivity index (χ2n) is 7.33. The van der Waals surface area contributed by atoms with Crippen molar-refractivity contribution in [2.24, 2.45) is 5.92 Å². The minimum Gasteiger partial charge on any atom is -0.496 e. The average Bonchev–Trinajstić information content (AvgIpc) is 2.70. The fourth-order valence-corrected chi connectivity index (χ4v) is 3.49. The molecule has 152 valence electrons. The van der Waals surface area contributed by atoms with Gasteiger partial charge in [-0.25, -0.2) is 0 Å². The maximum atomic E-state index is 12.3. The van der Waals surface area contributed by atoms with Gasteiger partial charge in [0.25, 0.3) is 0 Å². The van der Waals surface area contributed by atoms with Crippen LogP contribution in [0.25, 0.3) is 0 Å². The molecule has 1 aromatic carbocycles. The maximum absolute atomic E-state index is 12.3. The largest absolute Gasteiger partial charge is 0.496 e. The number of benzene rings is 1. The van der Waals surface area contributed by atoms with Crippen molar-refractivity contribution in [3.05, 3.63) is 18.2 Å². The first-order valence-electron chi connectivity index (χ1n) is 9.77. The number of carbonyl (C=O) groups is 1. The summed E-state index contributed by atoms with van der Waals surface area (Å²) in [7, 11) is 5.08. The van der Waals surface area contributed by atoms with Gasteiger partial charge in [-0.05, 0) is 19.9 Å². The number of hydrogen-bond acceptors (Lipinski definition) is 6. The highest BCUT2D eigenvalue weighted by Crippen LogP contribution is 2.27. The van der Waals surface area contributed by atoms with Gasteiger partial charge >= 0.3 is 0 Å². The van der Waals surface area contributed by atoms with E-state index < -0.39 is 6.10 Å². The number of likely N-dealkylation sites (N-methyl/N-ethyl adjacent to an activating group) is 1. The second kappa shape index (κ2) is 11.1. The molecule has 1 N–H and O–H groups in total. The van der Waals surface area contributed by atoms with Crippen molar-refractivity contribution in [3.8, 4) is 17.2 Å². The molecule has 0 spiro atoms. The first-order chi connectivity index (χ1) is 13.0. The summed E-state index contributed by atoms with van der Waals surface area (Å²) < 4.78 is 16.1. The van der Waals surface area contributed by atoms with Gasteiger partial charge in [-0.3, -0.25) is 4.79 Å². The Hall–Kier alpha value is -1.79. The number of aliphatic hydroxyl groups excluding tert-OH is 1. The van der Waals surface area contributed by atoms with E-state index in [1.54, 1.807) is 32.4 Å². The maximum Gasteiger partial charge on any atom is 0.137 e. The molecule has 6 heteroatoms. The number of rotatable bonds is 11. The summed E-state index contributed by atoms with van der Waals surface area (Å²) in [5.41, 5.74) is 0. The topological polar surface area (TPSA) is 68.2 Å². The lowest BCUT2D eigenvalue weighted by Gasteiger charge is -2.23. The normalized spacial score (nSPS) is 16.2. The van der Waals surface area contributed by atoms with Crippen molar-refractivity contribution in [1.29, 1.82) is 0 Å². The molecule has 0 bridgehead atoms. The third-order valence-corrected chi connectivity index (χ3v) is 5.09. The number of nitrogens with zero attached hydrogens (tertiary/aromatic N) is 1. The Morgan fingerprint density at radius 1 is 1.11 bits per heavy atom. The van der Waals surface area contributed by atoms with E-state index in [1.165, 1.54) is 19.3 Å². The highest BCUT2D eigenvalue weighted by Gasteiger charge is 2.21. The number of aliphatic hydroxyl groups is 1. The number of ether oxygens (including phenoxy) is 3. The molecule has 1 aromatic rings. The van der Waals surface area contributed by atoms with Gasteiger partial charge < -0.3 is 24.2 Å². The Morgan fingerprint density at radius 3 is 2.30 bits per heavy atom. The van der Waals surface area contributed by atoms with Gasteiger partial charge in [-0.1, -0.05) is 19.3 Å². The zero-order chi connectivity index (χ0) is 19.6. The van der Waals surface area contributed by atoms with Crippen molar-refractivity contribution in [2.45, 2.75) is 44.6 Å². The van der Waals surface area contributed by atoms with Crippen molar-refractivity contribution in [3.63, 3.8) is 0 Å². The Bertz CT molecular complexity index is 564. The number of hydrogen-bond donors (Lipinski definition) is 1. The number of ketones is 1. The average molecular weight is 379 g/mol. The second-order valence-corrected chi connectivity index (χ2v) is 7.33. The van der Waals surface area contributed by atoms with Crippen LogP contribution in [0.15, 0.2) is 18.2 Å². The lowest BCUT2D eigenvalue weighted by molar-refractivity contribution is -0.124. The Labute approximate surface area is 162 Å². The van der Waals surface area contributed by atoms with E-state index in [9.17, 15) is 9.90 Å². The van der Waals surface area contributed by atoms with Gasteiger partial charge in [-0.15, -0.1) is 0 Å². The van der Waals surface area contributed by atoms with Crippen molar-refractivity contribution >= 4 is 5.78 Å². The molecule has 2 rings (SSSR count). The lowest BCUT2D eigenvalue weighted by atomic mass is 9.85. The number of carbonyl (C=O) groups excluding carboxylic acids is 1. The van der Waals surface area contributed by atoms with Gasteiger partial charge in [0, 0.05) is 43.6 Å². The van der Waals surface area contributed by atoms with Crippen LogP contribution < -0.4 is 14.2 Å². The summed E-state index contributed by atoms with van der Waals surface area (Å²) in [5.74, 6) is 2.48. The van der Waals surface area contributed by atoms with Crippen LogP contribution in [0, 0.1) is 5.92 Å². The van der Waals surface area contributed by atoms with E-state index in [1.807, 2.05) is 11.9 Å². The predicted molar refractivity (Wildman–Crippen MR) is 105 cm³/mol. The number of methoxy groups -OCH3 is 2. The standard InChI is InChI=1S/C21H33NO5/c1-22(10-9-21(24)16-7-5-4-6-8-16)14-17(23)15-27-20-12-18(25-2)11-19(13-20)26-3/h11-13,16-17,23H,4-10,14-15H2,1-3H3. The highest BCUT2D eigenvalue weighted by molar-refractivity contribution is 5.81. The van der Waals surface area contributed by atoms with Crippen molar-refractivity contribution in [2.75, 3.05) is 41.0 Å². The van der Waals surface area contributed by atoms with E-state index in [4.69, 9.17) is 14.2 Å². The first-order valence-corrected chi connectivity index (χ1v) is 9.77. The molecule has 1 fully saturated rings. The van der Waals surface area contributed by atoms with Crippen LogP contribution in [0.3, 0.4) is 0 Å². The molecule has 1 aliphatic carbocycles. The van der Waals surface area contributed by atoms with Gasteiger partial charge in [-0.2, -0.15) is 0 Å². The predicted octanol–water partition coefficient (Wildman–Crippen LogP) is 2.91. The monoisotopic (exact) mass is 379 g/mol. The molecule has 0 amide bonds. The van der Waals surface area contributed by atoms with Crippen LogP contribution in [0.1, 0.15) is 38.5 Å². The van der Waals surface area contributed by atoms with Crippen LogP contribution >= 0.6 is 0 Å². The van der Waals surface area contributed by atoms with E-state index >= 15 is 0 Å². The Morgan fingerprint density at radius 2 is 1.70 bits per heavy atom. The number of Topliss-reactive ketones (excluding diaryl/α,β-unsaturated/α-hetero) is 1. The summed E-state index contributed by atoms with van der Waals surface area (Å²) in [6, 6.07) is 5.27. The molecule has 0 heterocycles. The highest BCUT2D eigenvalue weighted by atomic mass is 16.5. The molecule has 27 heavy (non-hydrogen) atoms. The van der Waals surface area contributed by atoms with Gasteiger partial charge in [0.15, 0.2) is 0 Å². The molecular weight excluding hydrogens is 346 g/mol. The van der Waals surface area contributed by atoms with Gasteiger partial charge in [0.1, 0.15) is 35.7 Å². The quantitative estimate of drug-likeness (QED) is 0.638. The van der Waals surface area contributed by atoms with Crippen molar-refractivity contribution in [1.82, 2.24) is 4.90 Å². The minimum atomic E-state index is -0.642. The van der Waals surface area contributed by atoms with Gasteiger partial charge in [0.2, 0.25) is 0 Å². The zero-order valence-electron chi connectivity index (χ0n) is 16.8. The zero-order valence-corrected chi connectivity index (χ0v) is 16.8. The fourth-order valence-electron chi connectivity index (χ4n) is 3.49. The third-order valence-electron chi connectivity index (χ3n) is 5.09. The molecule has 1 aliphatic rings. The molecule has 0 aromatic heterocycles. The lowest BCUT2D eigenvalue weighted by Crippen LogP contribution is -2.35. The smallest absolute Gasteiger partial charge is 0.137 e. The molecule has 0 aliphatic heterocycles.